The molecule has 1 heterocycles. The van der Waals surface area contributed by atoms with Crippen molar-refractivity contribution in [3.8, 4) is 0 Å². The Hall–Kier alpha value is -1.14. The molecule has 1 aliphatic heterocycles. The highest BCUT2D eigenvalue weighted by atomic mass is 79.9. The normalized spacial score (nSPS) is 16.9. The monoisotopic (exact) mass is 358 g/mol. The Labute approximate surface area is 132 Å². The summed E-state index contributed by atoms with van der Waals surface area (Å²) in [5.74, 6) is -1.67. The third kappa shape index (κ3) is 3.95. The zero-order valence-corrected chi connectivity index (χ0v) is 13.6. The van der Waals surface area contributed by atoms with Crippen molar-refractivity contribution in [3.05, 3.63) is 28.0 Å². The van der Waals surface area contributed by atoms with Crippen molar-refractivity contribution in [2.24, 2.45) is 0 Å². The smallest absolute Gasteiger partial charge is 0.336 e. The Balaban J connectivity index is 2.01. The van der Waals surface area contributed by atoms with Gasteiger partial charge in [0.1, 0.15) is 0 Å². The maximum atomic E-state index is 14.2. The van der Waals surface area contributed by atoms with Crippen LogP contribution in [0.2, 0.25) is 0 Å². The van der Waals surface area contributed by atoms with E-state index in [9.17, 15) is 9.18 Å². The third-order valence-electron chi connectivity index (χ3n) is 3.80. The topological polar surface area (TPSA) is 52.6 Å². The molecule has 6 heteroatoms. The Morgan fingerprint density at radius 3 is 2.71 bits per heavy atom. The number of carbonyl (C=O) groups is 1. The fourth-order valence-corrected chi connectivity index (χ4v) is 3.18. The lowest BCUT2D eigenvalue weighted by Crippen LogP contribution is -2.39. The van der Waals surface area contributed by atoms with Gasteiger partial charge in [0.05, 0.1) is 15.7 Å². The highest BCUT2D eigenvalue weighted by Gasteiger charge is 2.21. The molecular weight excluding hydrogens is 339 g/mol. The predicted octanol–water partition coefficient (Wildman–Crippen LogP) is 3.57. The number of carboxylic acid groups (broad SMARTS) is 1. The van der Waals surface area contributed by atoms with Crippen molar-refractivity contribution >= 4 is 27.6 Å². The van der Waals surface area contributed by atoms with Crippen LogP contribution in [-0.2, 0) is 0 Å². The van der Waals surface area contributed by atoms with Gasteiger partial charge in [-0.3, -0.25) is 0 Å². The first-order valence-electron chi connectivity index (χ1n) is 7.23. The minimum Gasteiger partial charge on any atom is -0.478 e. The molecule has 1 fully saturated rings. The van der Waals surface area contributed by atoms with E-state index in [0.717, 1.165) is 38.9 Å². The first-order valence-corrected chi connectivity index (χ1v) is 8.02. The molecule has 1 aromatic carbocycles. The van der Waals surface area contributed by atoms with E-state index in [1.807, 2.05) is 0 Å². The summed E-state index contributed by atoms with van der Waals surface area (Å²) in [4.78, 5) is 13.4. The lowest BCUT2D eigenvalue weighted by Gasteiger charge is -2.32. The second kappa shape index (κ2) is 7.22. The summed E-state index contributed by atoms with van der Waals surface area (Å²) in [6, 6.07) is 3.15. The number of hydrogen-bond acceptors (Lipinski definition) is 3. The molecular formula is C15H20BrFN2O2. The number of likely N-dealkylation sites (tertiary alicyclic amines) is 1. The van der Waals surface area contributed by atoms with Crippen LogP contribution in [0.5, 0.6) is 0 Å². The highest BCUT2D eigenvalue weighted by Crippen LogP contribution is 2.28. The van der Waals surface area contributed by atoms with Crippen LogP contribution in [0.1, 0.15) is 36.5 Å². The zero-order chi connectivity index (χ0) is 15.4. The predicted molar refractivity (Wildman–Crippen MR) is 84.4 cm³/mol. The van der Waals surface area contributed by atoms with Gasteiger partial charge in [-0.05, 0) is 53.9 Å². The fraction of sp³-hybridized carbons (Fsp3) is 0.533. The van der Waals surface area contributed by atoms with Crippen molar-refractivity contribution in [2.75, 3.05) is 25.0 Å². The molecule has 0 radical (unpaired) electrons. The molecule has 21 heavy (non-hydrogen) atoms. The van der Waals surface area contributed by atoms with Gasteiger partial charge in [-0.1, -0.05) is 6.92 Å². The molecule has 0 atom stereocenters. The Bertz CT molecular complexity index is 517. The molecule has 2 N–H and O–H groups in total. The first kappa shape index (κ1) is 16.2. The van der Waals surface area contributed by atoms with Gasteiger partial charge in [0.25, 0.3) is 0 Å². The first-order chi connectivity index (χ1) is 10.0. The van der Waals surface area contributed by atoms with Gasteiger partial charge in [0.15, 0.2) is 5.82 Å². The number of hydrogen-bond donors (Lipinski definition) is 2. The molecule has 4 nitrogen and oxygen atoms in total. The number of benzene rings is 1. The largest absolute Gasteiger partial charge is 0.478 e. The second-order valence-corrected chi connectivity index (χ2v) is 6.15. The zero-order valence-electron chi connectivity index (χ0n) is 12.0. The molecule has 0 aliphatic carbocycles. The van der Waals surface area contributed by atoms with Crippen molar-refractivity contribution in [3.63, 3.8) is 0 Å². The van der Waals surface area contributed by atoms with Crippen molar-refractivity contribution in [1.82, 2.24) is 4.90 Å². The average molecular weight is 359 g/mol. The van der Waals surface area contributed by atoms with Crippen LogP contribution in [0.4, 0.5) is 10.1 Å². The quantitative estimate of drug-likeness (QED) is 0.844. The highest BCUT2D eigenvalue weighted by molar-refractivity contribution is 9.10. The summed E-state index contributed by atoms with van der Waals surface area (Å²) < 4.78 is 14.2. The van der Waals surface area contributed by atoms with Crippen LogP contribution in [0.15, 0.2) is 16.6 Å². The standard InChI is InChI=1S/C15H20BrFN2O2/c1-2-7-19-8-5-10(6-9-19)18-12-4-3-11(15(20)21)13(16)14(12)17/h3-4,10,18H,2,5-9H2,1H3,(H,20,21). The summed E-state index contributed by atoms with van der Waals surface area (Å²) in [5, 5.41) is 12.2. The van der Waals surface area contributed by atoms with E-state index < -0.39 is 11.8 Å². The molecule has 0 amide bonds. The molecule has 0 saturated carbocycles. The minimum absolute atomic E-state index is 0.00317. The number of halogens is 2. The van der Waals surface area contributed by atoms with E-state index in [4.69, 9.17) is 5.11 Å². The summed E-state index contributed by atoms with van der Waals surface area (Å²) >= 11 is 3.02. The molecule has 0 unspecified atom stereocenters. The molecule has 1 aliphatic rings. The Morgan fingerprint density at radius 1 is 1.48 bits per heavy atom. The van der Waals surface area contributed by atoms with E-state index in [1.54, 1.807) is 0 Å². The Morgan fingerprint density at radius 2 is 2.14 bits per heavy atom. The third-order valence-corrected chi connectivity index (χ3v) is 4.58. The van der Waals surface area contributed by atoms with Gasteiger partial charge in [-0.25, -0.2) is 9.18 Å². The number of rotatable bonds is 5. The number of nitrogens with zero attached hydrogens (tertiary/aromatic N) is 1. The second-order valence-electron chi connectivity index (χ2n) is 5.35. The molecule has 0 spiro atoms. The SMILES string of the molecule is CCCN1CCC(Nc2ccc(C(=O)O)c(Br)c2F)CC1. The molecule has 0 aromatic heterocycles. The summed E-state index contributed by atoms with van der Waals surface area (Å²) in [7, 11) is 0. The number of nitrogens with one attached hydrogen (secondary N) is 1. The lowest BCUT2D eigenvalue weighted by atomic mass is 10.0. The molecule has 0 bridgehead atoms. The lowest BCUT2D eigenvalue weighted by molar-refractivity contribution is 0.0695. The fourth-order valence-electron chi connectivity index (χ4n) is 2.66. The average Bonchev–Trinajstić information content (AvgIpc) is 2.46. The van der Waals surface area contributed by atoms with Gasteiger partial charge in [0, 0.05) is 19.1 Å². The summed E-state index contributed by atoms with van der Waals surface area (Å²) in [5.41, 5.74) is 0.302. The van der Waals surface area contributed by atoms with Gasteiger partial charge in [0.2, 0.25) is 0 Å². The van der Waals surface area contributed by atoms with E-state index >= 15 is 0 Å². The van der Waals surface area contributed by atoms with Gasteiger partial charge < -0.3 is 15.3 Å². The van der Waals surface area contributed by atoms with Crippen LogP contribution in [0.3, 0.4) is 0 Å². The van der Waals surface area contributed by atoms with Crippen LogP contribution >= 0.6 is 15.9 Å². The van der Waals surface area contributed by atoms with E-state index in [0.29, 0.717) is 5.69 Å². The number of aromatic carboxylic acids is 1. The number of carboxylic acids is 1. The summed E-state index contributed by atoms with van der Waals surface area (Å²) in [6.45, 7) is 5.31. The van der Waals surface area contributed by atoms with Crippen LogP contribution in [0.25, 0.3) is 0 Å². The number of anilines is 1. The summed E-state index contributed by atoms with van der Waals surface area (Å²) in [6.07, 6.45) is 3.09. The van der Waals surface area contributed by atoms with Crippen molar-refractivity contribution in [1.29, 1.82) is 0 Å². The maximum absolute atomic E-state index is 14.2. The maximum Gasteiger partial charge on any atom is 0.336 e. The van der Waals surface area contributed by atoms with E-state index in [1.165, 1.54) is 12.1 Å². The minimum atomic E-state index is -1.14. The van der Waals surface area contributed by atoms with Gasteiger partial charge >= 0.3 is 5.97 Å². The molecule has 2 rings (SSSR count). The van der Waals surface area contributed by atoms with Crippen LogP contribution in [0, 0.1) is 5.82 Å². The van der Waals surface area contributed by atoms with Crippen molar-refractivity contribution < 1.29 is 14.3 Å². The van der Waals surface area contributed by atoms with Crippen LogP contribution < -0.4 is 5.32 Å². The van der Waals surface area contributed by atoms with Gasteiger partial charge in [-0.2, -0.15) is 0 Å². The van der Waals surface area contributed by atoms with Crippen LogP contribution in [-0.4, -0.2) is 41.7 Å². The molecule has 1 aromatic rings. The van der Waals surface area contributed by atoms with Gasteiger partial charge in [-0.15, -0.1) is 0 Å². The van der Waals surface area contributed by atoms with Crippen molar-refractivity contribution in [2.45, 2.75) is 32.2 Å². The molecule has 1 saturated heterocycles. The number of piperidine rings is 1. The molecule has 116 valence electrons. The van der Waals surface area contributed by atoms with E-state index in [-0.39, 0.29) is 16.1 Å². The van der Waals surface area contributed by atoms with E-state index in [2.05, 4.69) is 33.1 Å². The Kier molecular flexibility index (Phi) is 5.58.